The first-order valence-electron chi connectivity index (χ1n) is 9.99. The molecule has 29 heavy (non-hydrogen) atoms. The summed E-state index contributed by atoms with van der Waals surface area (Å²) in [6, 6.07) is 14.5. The molecule has 0 saturated heterocycles. The van der Waals surface area contributed by atoms with Gasteiger partial charge in [-0.3, -0.25) is 9.59 Å². The van der Waals surface area contributed by atoms with Crippen LogP contribution in [0.3, 0.4) is 0 Å². The first-order chi connectivity index (χ1) is 13.9. The zero-order valence-corrected chi connectivity index (χ0v) is 17.6. The van der Waals surface area contributed by atoms with Gasteiger partial charge in [-0.2, -0.15) is 0 Å². The molecule has 0 aliphatic carbocycles. The number of anilines is 1. The lowest BCUT2D eigenvalue weighted by Crippen LogP contribution is -3.14. The highest BCUT2D eigenvalue weighted by atomic mass is 32.1. The maximum Gasteiger partial charge on any atom is 0.252 e. The summed E-state index contributed by atoms with van der Waals surface area (Å²) in [6.07, 6.45) is 1.07. The van der Waals surface area contributed by atoms with Crippen molar-refractivity contribution in [2.75, 3.05) is 11.9 Å². The number of hydrogen-bond donors (Lipinski definition) is 3. The van der Waals surface area contributed by atoms with E-state index >= 15 is 0 Å². The molecule has 0 fully saturated rings. The van der Waals surface area contributed by atoms with Crippen LogP contribution in [0.2, 0.25) is 0 Å². The molecule has 5 nitrogen and oxygen atoms in total. The molecule has 2 amide bonds. The van der Waals surface area contributed by atoms with Crippen LogP contribution < -0.4 is 16.0 Å². The first kappa shape index (κ1) is 19.6. The number of nitrogens with one attached hydrogen (secondary N) is 2. The van der Waals surface area contributed by atoms with E-state index in [1.54, 1.807) is 0 Å². The number of quaternary nitrogens is 1. The molecule has 1 aliphatic rings. The molecule has 2 heterocycles. The maximum atomic E-state index is 12.8. The molecule has 1 unspecified atom stereocenters. The molecule has 4 N–H and O–H groups in total. The Morgan fingerprint density at radius 2 is 1.93 bits per heavy atom. The van der Waals surface area contributed by atoms with Crippen LogP contribution in [0.1, 0.15) is 40.2 Å². The van der Waals surface area contributed by atoms with E-state index in [4.69, 9.17) is 5.73 Å². The van der Waals surface area contributed by atoms with Crippen LogP contribution in [0, 0.1) is 0 Å². The molecule has 0 radical (unpaired) electrons. The number of thiophene rings is 1. The van der Waals surface area contributed by atoms with Crippen molar-refractivity contribution >= 4 is 38.9 Å². The van der Waals surface area contributed by atoms with Crippen molar-refractivity contribution < 1.29 is 14.5 Å². The molecular weight excluding hydrogens is 382 g/mol. The largest absolute Gasteiger partial charge is 0.365 e. The monoisotopic (exact) mass is 408 g/mol. The van der Waals surface area contributed by atoms with Crippen molar-refractivity contribution in [3.8, 4) is 0 Å². The number of rotatable bonds is 5. The van der Waals surface area contributed by atoms with Gasteiger partial charge in [0.15, 0.2) is 0 Å². The molecule has 0 spiro atoms. The van der Waals surface area contributed by atoms with E-state index in [0.29, 0.717) is 16.6 Å². The summed E-state index contributed by atoms with van der Waals surface area (Å²) < 4.78 is 0. The van der Waals surface area contributed by atoms with Crippen LogP contribution in [-0.4, -0.2) is 24.4 Å². The van der Waals surface area contributed by atoms with Gasteiger partial charge < -0.3 is 16.0 Å². The van der Waals surface area contributed by atoms with Gasteiger partial charge in [0, 0.05) is 6.42 Å². The third kappa shape index (κ3) is 3.91. The predicted molar refractivity (Wildman–Crippen MR) is 117 cm³/mol. The van der Waals surface area contributed by atoms with Gasteiger partial charge in [0.1, 0.15) is 11.5 Å². The van der Waals surface area contributed by atoms with Crippen LogP contribution in [0.25, 0.3) is 10.8 Å². The van der Waals surface area contributed by atoms with Crippen molar-refractivity contribution in [1.82, 2.24) is 0 Å². The van der Waals surface area contributed by atoms with Gasteiger partial charge in [-0.15, -0.1) is 11.3 Å². The lowest BCUT2D eigenvalue weighted by atomic mass is 10.0. The third-order valence-corrected chi connectivity index (χ3v) is 6.87. The SMILES string of the molecule is CC(C)[NH+]1CCc2c(sc(NC(=O)Cc3cccc4ccccc34)c2C(N)=O)C1. The van der Waals surface area contributed by atoms with Crippen LogP contribution in [0.5, 0.6) is 0 Å². The zero-order chi connectivity index (χ0) is 20.5. The lowest BCUT2D eigenvalue weighted by molar-refractivity contribution is -0.936. The summed E-state index contributed by atoms with van der Waals surface area (Å²) in [5, 5.41) is 5.75. The summed E-state index contributed by atoms with van der Waals surface area (Å²) in [5.74, 6) is -0.591. The van der Waals surface area contributed by atoms with Crippen molar-refractivity contribution in [1.29, 1.82) is 0 Å². The molecule has 3 aromatic rings. The Balaban J connectivity index is 1.59. The number of carbonyl (C=O) groups is 2. The molecule has 0 saturated carbocycles. The summed E-state index contributed by atoms with van der Waals surface area (Å²) >= 11 is 1.50. The molecule has 1 aliphatic heterocycles. The van der Waals surface area contributed by atoms with E-state index in [9.17, 15) is 9.59 Å². The van der Waals surface area contributed by atoms with Gasteiger partial charge in [-0.1, -0.05) is 42.5 Å². The fourth-order valence-corrected chi connectivity index (χ4v) is 5.45. The Labute approximate surface area is 174 Å². The molecular formula is C23H26N3O2S+. The van der Waals surface area contributed by atoms with E-state index in [2.05, 4.69) is 19.2 Å². The molecule has 4 rings (SSSR count). The topological polar surface area (TPSA) is 76.6 Å². The quantitative estimate of drug-likeness (QED) is 0.607. The van der Waals surface area contributed by atoms with Crippen molar-refractivity contribution in [3.63, 3.8) is 0 Å². The maximum absolute atomic E-state index is 12.8. The standard InChI is InChI=1S/C23H25N3O2S/c1-14(2)26-11-10-18-19(13-26)29-23(21(18)22(24)28)25-20(27)12-16-8-5-7-15-6-3-4-9-17(15)16/h3-9,14H,10-13H2,1-2H3,(H2,24,28)(H,25,27)/p+1. The highest BCUT2D eigenvalue weighted by Crippen LogP contribution is 2.34. The van der Waals surface area contributed by atoms with Gasteiger partial charge in [-0.05, 0) is 35.7 Å². The molecule has 150 valence electrons. The molecule has 2 aromatic carbocycles. The number of fused-ring (bicyclic) bond motifs is 2. The first-order valence-corrected chi connectivity index (χ1v) is 10.8. The second-order valence-corrected chi connectivity index (χ2v) is 9.03. The van der Waals surface area contributed by atoms with E-state index < -0.39 is 5.91 Å². The molecule has 1 atom stereocenters. The van der Waals surface area contributed by atoms with Gasteiger partial charge in [0.25, 0.3) is 5.91 Å². The van der Waals surface area contributed by atoms with Gasteiger partial charge in [-0.25, -0.2) is 0 Å². The summed E-state index contributed by atoms with van der Waals surface area (Å²) in [5.41, 5.74) is 8.18. The molecule has 0 bridgehead atoms. The van der Waals surface area contributed by atoms with Crippen LogP contribution in [0.4, 0.5) is 5.00 Å². The Morgan fingerprint density at radius 1 is 1.17 bits per heavy atom. The minimum atomic E-state index is -0.462. The van der Waals surface area contributed by atoms with E-state index in [1.807, 2.05) is 42.5 Å². The Kier molecular flexibility index (Phi) is 5.39. The van der Waals surface area contributed by atoms with Crippen LogP contribution in [0.15, 0.2) is 42.5 Å². The minimum Gasteiger partial charge on any atom is -0.365 e. The van der Waals surface area contributed by atoms with Gasteiger partial charge in [0.05, 0.1) is 29.4 Å². The predicted octanol–water partition coefficient (Wildman–Crippen LogP) is 2.53. The van der Waals surface area contributed by atoms with Gasteiger partial charge >= 0.3 is 0 Å². The number of amides is 2. The van der Waals surface area contributed by atoms with Crippen LogP contribution in [-0.2, 0) is 24.2 Å². The summed E-state index contributed by atoms with van der Waals surface area (Å²) in [6.45, 7) is 6.26. The smallest absolute Gasteiger partial charge is 0.252 e. The van der Waals surface area contributed by atoms with E-state index in [-0.39, 0.29) is 12.3 Å². The zero-order valence-electron chi connectivity index (χ0n) is 16.7. The van der Waals surface area contributed by atoms with E-state index in [0.717, 1.165) is 46.3 Å². The van der Waals surface area contributed by atoms with Crippen molar-refractivity contribution in [2.45, 2.75) is 39.3 Å². The van der Waals surface area contributed by atoms with E-state index in [1.165, 1.54) is 16.2 Å². The third-order valence-electron chi connectivity index (χ3n) is 5.72. The number of nitrogens with two attached hydrogens (primary N) is 1. The number of primary amides is 1. The highest BCUT2D eigenvalue weighted by molar-refractivity contribution is 7.17. The fourth-order valence-electron chi connectivity index (χ4n) is 4.13. The van der Waals surface area contributed by atoms with Crippen molar-refractivity contribution in [2.24, 2.45) is 5.73 Å². The minimum absolute atomic E-state index is 0.129. The number of carbonyl (C=O) groups excluding carboxylic acids is 2. The Morgan fingerprint density at radius 3 is 2.69 bits per heavy atom. The summed E-state index contributed by atoms with van der Waals surface area (Å²) in [7, 11) is 0. The second kappa shape index (κ2) is 7.97. The van der Waals surface area contributed by atoms with Gasteiger partial charge in [0.2, 0.25) is 5.91 Å². The van der Waals surface area contributed by atoms with Crippen LogP contribution >= 0.6 is 11.3 Å². The number of benzene rings is 2. The Bertz CT molecular complexity index is 1080. The Hall–Kier alpha value is -2.70. The molecule has 1 aromatic heterocycles. The second-order valence-electron chi connectivity index (χ2n) is 7.93. The van der Waals surface area contributed by atoms with Crippen molar-refractivity contribution in [3.05, 3.63) is 64.0 Å². The summed E-state index contributed by atoms with van der Waals surface area (Å²) in [4.78, 5) is 27.6. The highest BCUT2D eigenvalue weighted by Gasteiger charge is 2.30. The average molecular weight is 409 g/mol. The number of hydrogen-bond acceptors (Lipinski definition) is 3. The fraction of sp³-hybridized carbons (Fsp3) is 0.304. The normalized spacial score (nSPS) is 16.0. The lowest BCUT2D eigenvalue weighted by Gasteiger charge is -2.27. The average Bonchev–Trinajstić information content (AvgIpc) is 3.05. The molecule has 6 heteroatoms.